The molecule has 0 unspecified atom stereocenters. The second kappa shape index (κ2) is 8.81. The van der Waals surface area contributed by atoms with Gasteiger partial charge in [-0.1, -0.05) is 72.3 Å². The van der Waals surface area contributed by atoms with E-state index in [0.29, 0.717) is 10.7 Å². The molecule has 3 aromatic carbocycles. The molecule has 0 atom stereocenters. The van der Waals surface area contributed by atoms with Crippen LogP contribution >= 0.6 is 34.8 Å². The molecule has 4 rings (SSSR count). The van der Waals surface area contributed by atoms with E-state index in [-0.39, 0.29) is 16.5 Å². The summed E-state index contributed by atoms with van der Waals surface area (Å²) in [7, 11) is 0. The molecular weight excluding hydrogens is 391 g/mol. The third kappa shape index (κ3) is 5.05. The van der Waals surface area contributed by atoms with Gasteiger partial charge in [-0.05, 0) is 46.1 Å². The summed E-state index contributed by atoms with van der Waals surface area (Å²) >= 11 is 17.2. The van der Waals surface area contributed by atoms with E-state index in [4.69, 9.17) is 34.8 Å². The van der Waals surface area contributed by atoms with Crippen LogP contribution in [0.4, 0.5) is 11.6 Å². The monoisotopic (exact) mass is 402 g/mol. The van der Waals surface area contributed by atoms with Crippen molar-refractivity contribution in [3.63, 3.8) is 0 Å². The van der Waals surface area contributed by atoms with E-state index in [1.54, 1.807) is 12.1 Å². The standard InChI is InChI=1S/C10H8.C9H5Cl3N4/c1-2-6-10-8-4-3-7-9(10)5-1;10-5-3-1-2-4-6(5)13-9-15-7(11)14-8(12)16-9/h1-8H;1-4H,(H,13,14,15,16). The summed E-state index contributed by atoms with van der Waals surface area (Å²) in [5.74, 6) is 0.248. The molecule has 0 aliphatic carbocycles. The maximum atomic E-state index is 5.95. The number of para-hydroxylation sites is 1. The van der Waals surface area contributed by atoms with E-state index in [1.807, 2.05) is 12.1 Å². The lowest BCUT2D eigenvalue weighted by atomic mass is 10.1. The van der Waals surface area contributed by atoms with E-state index in [1.165, 1.54) is 10.8 Å². The van der Waals surface area contributed by atoms with Gasteiger partial charge in [0.1, 0.15) is 0 Å². The van der Waals surface area contributed by atoms with Gasteiger partial charge in [0.2, 0.25) is 16.5 Å². The Labute approximate surface area is 165 Å². The molecule has 0 bridgehead atoms. The highest BCUT2D eigenvalue weighted by molar-refractivity contribution is 6.33. The van der Waals surface area contributed by atoms with Crippen LogP contribution in [0, 0.1) is 0 Å². The fourth-order valence-corrected chi connectivity index (χ4v) is 2.74. The zero-order valence-electron chi connectivity index (χ0n) is 13.4. The van der Waals surface area contributed by atoms with Crippen molar-refractivity contribution < 1.29 is 0 Å². The van der Waals surface area contributed by atoms with Crippen molar-refractivity contribution >= 4 is 57.2 Å². The molecule has 0 aliphatic rings. The first-order chi connectivity index (χ1) is 12.6. The molecule has 4 nitrogen and oxygen atoms in total. The lowest BCUT2D eigenvalue weighted by Crippen LogP contribution is -1.99. The quantitative estimate of drug-likeness (QED) is 0.420. The molecule has 7 heteroatoms. The van der Waals surface area contributed by atoms with Gasteiger partial charge in [-0.3, -0.25) is 0 Å². The van der Waals surface area contributed by atoms with Crippen molar-refractivity contribution in [1.29, 1.82) is 0 Å². The van der Waals surface area contributed by atoms with Gasteiger partial charge < -0.3 is 5.32 Å². The number of anilines is 2. The fourth-order valence-electron chi connectivity index (χ4n) is 2.20. The highest BCUT2D eigenvalue weighted by atomic mass is 35.5. The maximum Gasteiger partial charge on any atom is 0.232 e. The van der Waals surface area contributed by atoms with E-state index in [2.05, 4.69) is 68.8 Å². The first kappa shape index (κ1) is 18.4. The van der Waals surface area contributed by atoms with Crippen molar-refractivity contribution in [3.05, 3.63) is 88.4 Å². The van der Waals surface area contributed by atoms with Crippen molar-refractivity contribution in [1.82, 2.24) is 15.0 Å². The van der Waals surface area contributed by atoms with Crippen LogP contribution in [0.1, 0.15) is 0 Å². The number of benzene rings is 3. The van der Waals surface area contributed by atoms with Crippen LogP contribution in [0.15, 0.2) is 72.8 Å². The van der Waals surface area contributed by atoms with Crippen LogP contribution in [0.5, 0.6) is 0 Å². The average Bonchev–Trinajstić information content (AvgIpc) is 2.63. The molecule has 0 radical (unpaired) electrons. The number of aromatic nitrogens is 3. The number of nitrogens with zero attached hydrogens (tertiary/aromatic N) is 3. The van der Waals surface area contributed by atoms with Gasteiger partial charge in [0.25, 0.3) is 0 Å². The van der Waals surface area contributed by atoms with Gasteiger partial charge in [-0.2, -0.15) is 15.0 Å². The van der Waals surface area contributed by atoms with Crippen LogP contribution in [0.2, 0.25) is 15.6 Å². The molecule has 1 heterocycles. The van der Waals surface area contributed by atoms with Gasteiger partial charge in [-0.15, -0.1) is 0 Å². The van der Waals surface area contributed by atoms with Crippen LogP contribution in [-0.4, -0.2) is 15.0 Å². The number of hydrogen-bond acceptors (Lipinski definition) is 4. The third-order valence-corrected chi connectivity index (χ3v) is 4.03. The maximum absolute atomic E-state index is 5.95. The average molecular weight is 404 g/mol. The number of halogens is 3. The largest absolute Gasteiger partial charge is 0.323 e. The minimum Gasteiger partial charge on any atom is -0.323 e. The summed E-state index contributed by atoms with van der Waals surface area (Å²) in [5, 5.41) is 6.11. The minimum atomic E-state index is 0.0227. The van der Waals surface area contributed by atoms with E-state index < -0.39 is 0 Å². The van der Waals surface area contributed by atoms with Crippen LogP contribution in [-0.2, 0) is 0 Å². The third-order valence-electron chi connectivity index (χ3n) is 3.36. The SMILES string of the molecule is Clc1nc(Cl)nc(Nc2ccccc2Cl)n1.c1ccc2ccccc2c1. The van der Waals surface area contributed by atoms with Crippen LogP contribution < -0.4 is 5.32 Å². The van der Waals surface area contributed by atoms with Gasteiger partial charge in [0.05, 0.1) is 10.7 Å². The Kier molecular flexibility index (Phi) is 6.23. The predicted molar refractivity (Wildman–Crippen MR) is 109 cm³/mol. The lowest BCUT2D eigenvalue weighted by molar-refractivity contribution is 1.05. The summed E-state index contributed by atoms with van der Waals surface area (Å²) in [5.41, 5.74) is 0.669. The molecule has 1 aromatic heterocycles. The van der Waals surface area contributed by atoms with Crippen LogP contribution in [0.25, 0.3) is 10.8 Å². The summed E-state index contributed by atoms with van der Waals surface area (Å²) in [6, 6.07) is 23.9. The number of fused-ring (bicyclic) bond motifs is 1. The zero-order chi connectivity index (χ0) is 18.4. The molecule has 4 aromatic rings. The molecule has 130 valence electrons. The molecule has 0 saturated carbocycles. The summed E-state index contributed by atoms with van der Waals surface area (Å²) in [4.78, 5) is 11.4. The van der Waals surface area contributed by atoms with Crippen molar-refractivity contribution in [3.8, 4) is 0 Å². The summed E-state index contributed by atoms with van der Waals surface area (Å²) in [6.45, 7) is 0. The number of rotatable bonds is 2. The molecular formula is C19H13Cl3N4. The van der Waals surface area contributed by atoms with Gasteiger partial charge in [0, 0.05) is 0 Å². The molecule has 26 heavy (non-hydrogen) atoms. The highest BCUT2D eigenvalue weighted by Gasteiger charge is 2.05. The van der Waals surface area contributed by atoms with E-state index >= 15 is 0 Å². The fraction of sp³-hybridized carbons (Fsp3) is 0. The topological polar surface area (TPSA) is 50.7 Å². The lowest BCUT2D eigenvalue weighted by Gasteiger charge is -2.06. The Morgan fingerprint density at radius 3 is 1.54 bits per heavy atom. The summed E-state index contributed by atoms with van der Waals surface area (Å²) < 4.78 is 0. The summed E-state index contributed by atoms with van der Waals surface area (Å²) in [6.07, 6.45) is 0. The predicted octanol–water partition coefficient (Wildman–Crippen LogP) is 6.42. The number of hydrogen-bond donors (Lipinski definition) is 1. The first-order valence-electron chi connectivity index (χ1n) is 7.64. The number of nitrogens with one attached hydrogen (secondary N) is 1. The Balaban J connectivity index is 0.000000167. The molecule has 0 saturated heterocycles. The van der Waals surface area contributed by atoms with Gasteiger partial charge >= 0.3 is 0 Å². The van der Waals surface area contributed by atoms with Crippen LogP contribution in [0.3, 0.4) is 0 Å². The van der Waals surface area contributed by atoms with Gasteiger partial charge in [0.15, 0.2) is 0 Å². The minimum absolute atomic E-state index is 0.0227. The second-order valence-corrected chi connectivity index (χ2v) is 6.23. The molecule has 0 aliphatic heterocycles. The molecule has 1 N–H and O–H groups in total. The van der Waals surface area contributed by atoms with E-state index in [9.17, 15) is 0 Å². The van der Waals surface area contributed by atoms with Crippen molar-refractivity contribution in [2.45, 2.75) is 0 Å². The first-order valence-corrected chi connectivity index (χ1v) is 8.77. The molecule has 0 fully saturated rings. The Hall–Kier alpha value is -2.40. The van der Waals surface area contributed by atoms with E-state index in [0.717, 1.165) is 0 Å². The Morgan fingerprint density at radius 2 is 1.04 bits per heavy atom. The van der Waals surface area contributed by atoms with Crippen molar-refractivity contribution in [2.24, 2.45) is 0 Å². The van der Waals surface area contributed by atoms with Gasteiger partial charge in [-0.25, -0.2) is 0 Å². The molecule has 0 spiro atoms. The second-order valence-electron chi connectivity index (χ2n) is 5.15. The zero-order valence-corrected chi connectivity index (χ0v) is 15.7. The highest BCUT2D eigenvalue weighted by Crippen LogP contribution is 2.23. The Morgan fingerprint density at radius 1 is 0.577 bits per heavy atom. The normalized spacial score (nSPS) is 10.1. The molecule has 0 amide bonds. The smallest absolute Gasteiger partial charge is 0.232 e. The Bertz CT molecular complexity index is 938. The van der Waals surface area contributed by atoms with Crippen molar-refractivity contribution in [2.75, 3.05) is 5.32 Å².